The van der Waals surface area contributed by atoms with Crippen molar-refractivity contribution in [3.63, 3.8) is 0 Å². The molecule has 2 rings (SSSR count). The standard InChI is InChI=1S/C7H10N6O/c1-2-13-5(3-9-12-13)6(14)7-8-4-10-11-7/h3-4,6,14H,2H2,1H3,(H,8,10,11). The first kappa shape index (κ1) is 8.82. The third-order valence-electron chi connectivity index (χ3n) is 1.92. The van der Waals surface area contributed by atoms with Crippen molar-refractivity contribution in [3.05, 3.63) is 24.0 Å². The second-order valence-electron chi connectivity index (χ2n) is 2.75. The van der Waals surface area contributed by atoms with Gasteiger partial charge >= 0.3 is 0 Å². The summed E-state index contributed by atoms with van der Waals surface area (Å²) in [5.74, 6) is 0.391. The summed E-state index contributed by atoms with van der Waals surface area (Å²) in [4.78, 5) is 3.86. The SMILES string of the molecule is CCn1nncc1C(O)c1ncn[nH]1. The Kier molecular flexibility index (Phi) is 2.23. The number of nitrogens with one attached hydrogen (secondary N) is 1. The molecule has 1 unspecified atom stereocenters. The Morgan fingerprint density at radius 2 is 2.50 bits per heavy atom. The largest absolute Gasteiger partial charge is 0.379 e. The Labute approximate surface area is 79.8 Å². The molecule has 7 nitrogen and oxygen atoms in total. The summed E-state index contributed by atoms with van der Waals surface area (Å²) >= 11 is 0. The molecule has 2 N–H and O–H groups in total. The summed E-state index contributed by atoms with van der Waals surface area (Å²) in [6.45, 7) is 2.58. The number of rotatable bonds is 3. The summed E-state index contributed by atoms with van der Waals surface area (Å²) in [6.07, 6.45) is 2.00. The Bertz CT molecular complexity index is 394. The number of H-pyrrole nitrogens is 1. The number of aliphatic hydroxyl groups excluding tert-OH is 1. The highest BCUT2D eigenvalue weighted by Gasteiger charge is 2.17. The summed E-state index contributed by atoms with van der Waals surface area (Å²) in [7, 11) is 0. The minimum absolute atomic E-state index is 0.391. The molecule has 0 aliphatic rings. The van der Waals surface area contributed by atoms with E-state index in [2.05, 4.69) is 25.5 Å². The van der Waals surface area contributed by atoms with Gasteiger partial charge in [0, 0.05) is 6.54 Å². The van der Waals surface area contributed by atoms with E-state index in [0.717, 1.165) is 0 Å². The maximum absolute atomic E-state index is 9.85. The number of aromatic nitrogens is 6. The fraction of sp³-hybridized carbons (Fsp3) is 0.429. The van der Waals surface area contributed by atoms with Gasteiger partial charge in [-0.05, 0) is 6.92 Å². The lowest BCUT2D eigenvalue weighted by Gasteiger charge is -2.07. The smallest absolute Gasteiger partial charge is 0.159 e. The van der Waals surface area contributed by atoms with E-state index in [1.807, 2.05) is 6.92 Å². The lowest BCUT2D eigenvalue weighted by atomic mass is 10.2. The normalized spacial score (nSPS) is 13.0. The van der Waals surface area contributed by atoms with Crippen molar-refractivity contribution >= 4 is 0 Å². The second kappa shape index (κ2) is 3.54. The first-order valence-electron chi connectivity index (χ1n) is 4.24. The van der Waals surface area contributed by atoms with E-state index in [0.29, 0.717) is 18.1 Å². The van der Waals surface area contributed by atoms with Gasteiger partial charge in [-0.15, -0.1) is 5.10 Å². The maximum Gasteiger partial charge on any atom is 0.159 e. The van der Waals surface area contributed by atoms with Gasteiger partial charge in [0.1, 0.15) is 6.33 Å². The molecule has 0 aliphatic carbocycles. The first-order valence-corrected chi connectivity index (χ1v) is 4.24. The van der Waals surface area contributed by atoms with Crippen LogP contribution in [0.5, 0.6) is 0 Å². The minimum Gasteiger partial charge on any atom is -0.379 e. The van der Waals surface area contributed by atoms with Crippen LogP contribution in [0.1, 0.15) is 24.5 Å². The fourth-order valence-corrected chi connectivity index (χ4v) is 1.21. The van der Waals surface area contributed by atoms with Crippen LogP contribution in [0.25, 0.3) is 0 Å². The van der Waals surface area contributed by atoms with Crippen LogP contribution in [-0.2, 0) is 6.54 Å². The van der Waals surface area contributed by atoms with Crippen LogP contribution in [-0.4, -0.2) is 35.3 Å². The summed E-state index contributed by atoms with van der Waals surface area (Å²) in [5.41, 5.74) is 0.601. The number of hydrogen-bond acceptors (Lipinski definition) is 5. The second-order valence-corrected chi connectivity index (χ2v) is 2.75. The van der Waals surface area contributed by atoms with Gasteiger partial charge in [-0.2, -0.15) is 5.10 Å². The molecule has 0 bridgehead atoms. The molecule has 7 heteroatoms. The molecular formula is C7H10N6O. The van der Waals surface area contributed by atoms with Crippen molar-refractivity contribution in [1.29, 1.82) is 0 Å². The van der Waals surface area contributed by atoms with Gasteiger partial charge in [-0.25, -0.2) is 9.67 Å². The summed E-state index contributed by atoms with van der Waals surface area (Å²) in [6, 6.07) is 0. The van der Waals surface area contributed by atoms with Crippen molar-refractivity contribution in [3.8, 4) is 0 Å². The van der Waals surface area contributed by atoms with E-state index >= 15 is 0 Å². The Morgan fingerprint density at radius 3 is 3.14 bits per heavy atom. The van der Waals surface area contributed by atoms with Crippen LogP contribution in [0.3, 0.4) is 0 Å². The van der Waals surface area contributed by atoms with Gasteiger partial charge in [0.2, 0.25) is 0 Å². The van der Waals surface area contributed by atoms with Crippen LogP contribution in [0.2, 0.25) is 0 Å². The highest BCUT2D eigenvalue weighted by molar-refractivity contribution is 5.09. The van der Waals surface area contributed by atoms with Crippen molar-refractivity contribution < 1.29 is 5.11 Å². The van der Waals surface area contributed by atoms with Crippen LogP contribution in [0.15, 0.2) is 12.5 Å². The van der Waals surface area contributed by atoms with Crippen LogP contribution >= 0.6 is 0 Å². The molecule has 2 heterocycles. The van der Waals surface area contributed by atoms with E-state index in [4.69, 9.17) is 0 Å². The molecule has 2 aromatic heterocycles. The zero-order chi connectivity index (χ0) is 9.97. The molecule has 0 amide bonds. The molecule has 1 atom stereocenters. The Balaban J connectivity index is 2.31. The molecule has 0 radical (unpaired) electrons. The van der Waals surface area contributed by atoms with Gasteiger partial charge in [-0.3, -0.25) is 5.10 Å². The monoisotopic (exact) mass is 194 g/mol. The molecule has 0 aromatic carbocycles. The van der Waals surface area contributed by atoms with Crippen LogP contribution in [0.4, 0.5) is 0 Å². The van der Waals surface area contributed by atoms with E-state index < -0.39 is 6.10 Å². The predicted octanol–water partition coefficient (Wildman–Crippen LogP) is -0.502. The molecule has 0 saturated heterocycles. The van der Waals surface area contributed by atoms with Crippen molar-refractivity contribution in [1.82, 2.24) is 30.2 Å². The summed E-state index contributed by atoms with van der Waals surface area (Å²) < 4.78 is 1.60. The van der Waals surface area contributed by atoms with Crippen molar-refractivity contribution in [2.75, 3.05) is 0 Å². The number of aryl methyl sites for hydroxylation is 1. The third kappa shape index (κ3) is 1.37. The molecule has 0 fully saturated rings. The van der Waals surface area contributed by atoms with Gasteiger partial charge in [0.25, 0.3) is 0 Å². The zero-order valence-electron chi connectivity index (χ0n) is 7.62. The lowest BCUT2D eigenvalue weighted by molar-refractivity contribution is 0.198. The number of aliphatic hydroxyl groups is 1. The molecule has 0 spiro atoms. The maximum atomic E-state index is 9.85. The van der Waals surface area contributed by atoms with Gasteiger partial charge < -0.3 is 5.11 Å². The molecule has 74 valence electrons. The average molecular weight is 194 g/mol. The van der Waals surface area contributed by atoms with Gasteiger partial charge in [0.15, 0.2) is 11.9 Å². The van der Waals surface area contributed by atoms with E-state index in [9.17, 15) is 5.11 Å². The van der Waals surface area contributed by atoms with E-state index in [1.54, 1.807) is 4.68 Å². The van der Waals surface area contributed by atoms with Crippen molar-refractivity contribution in [2.45, 2.75) is 19.6 Å². The quantitative estimate of drug-likeness (QED) is 0.687. The summed E-state index contributed by atoms with van der Waals surface area (Å²) in [5, 5.41) is 23.6. The first-order chi connectivity index (χ1) is 6.83. The predicted molar refractivity (Wildman–Crippen MR) is 46.1 cm³/mol. The third-order valence-corrected chi connectivity index (χ3v) is 1.92. The lowest BCUT2D eigenvalue weighted by Crippen LogP contribution is -2.10. The van der Waals surface area contributed by atoms with E-state index in [-0.39, 0.29) is 0 Å². The van der Waals surface area contributed by atoms with Crippen LogP contribution in [0, 0.1) is 0 Å². The molecule has 14 heavy (non-hydrogen) atoms. The van der Waals surface area contributed by atoms with E-state index in [1.165, 1.54) is 12.5 Å². The number of nitrogens with zero attached hydrogens (tertiary/aromatic N) is 5. The molecule has 0 aliphatic heterocycles. The highest BCUT2D eigenvalue weighted by atomic mass is 16.3. The zero-order valence-corrected chi connectivity index (χ0v) is 7.62. The number of hydrogen-bond donors (Lipinski definition) is 2. The average Bonchev–Trinajstić information content (AvgIpc) is 2.87. The fourth-order valence-electron chi connectivity index (χ4n) is 1.21. The number of aromatic amines is 1. The van der Waals surface area contributed by atoms with Crippen molar-refractivity contribution in [2.24, 2.45) is 0 Å². The molecule has 0 saturated carbocycles. The topological polar surface area (TPSA) is 92.5 Å². The van der Waals surface area contributed by atoms with Crippen LogP contribution < -0.4 is 0 Å². The van der Waals surface area contributed by atoms with Gasteiger partial charge in [-0.1, -0.05) is 5.21 Å². The molecular weight excluding hydrogens is 184 g/mol. The Morgan fingerprint density at radius 1 is 1.64 bits per heavy atom. The Hall–Kier alpha value is -1.76. The van der Waals surface area contributed by atoms with Gasteiger partial charge in [0.05, 0.1) is 11.9 Å². The molecule has 2 aromatic rings. The highest BCUT2D eigenvalue weighted by Crippen LogP contribution is 2.16. The minimum atomic E-state index is -0.854.